The van der Waals surface area contributed by atoms with E-state index in [0.29, 0.717) is 29.6 Å². The maximum atomic E-state index is 14.8. The molecular weight excluding hydrogens is 471 g/mol. The molecule has 1 saturated carbocycles. The van der Waals surface area contributed by atoms with Crippen molar-refractivity contribution in [2.75, 3.05) is 17.8 Å². The average molecular weight is 493 g/mol. The minimum Gasteiger partial charge on any atom is -0.453 e. The van der Waals surface area contributed by atoms with E-state index in [9.17, 15) is 18.1 Å². The van der Waals surface area contributed by atoms with Crippen molar-refractivity contribution in [1.82, 2.24) is 18.7 Å². The van der Waals surface area contributed by atoms with E-state index in [-0.39, 0.29) is 28.2 Å². The number of nitrogens with zero attached hydrogens (tertiary/aromatic N) is 5. The SMILES string of the molecule is Cc1cnc2c3cc(Oc4c(F)ccc(NS(=O)(=O)N5CC6(CCC6)C5)c4C#N)ccc3ncn12. The lowest BCUT2D eigenvalue weighted by Gasteiger charge is -2.54. The summed E-state index contributed by atoms with van der Waals surface area (Å²) in [5, 5.41) is 10.5. The molecule has 0 bridgehead atoms. The highest BCUT2D eigenvalue weighted by molar-refractivity contribution is 7.90. The third-order valence-electron chi connectivity index (χ3n) is 6.96. The molecule has 9 nitrogen and oxygen atoms in total. The number of anilines is 1. The summed E-state index contributed by atoms with van der Waals surface area (Å²) in [6, 6.07) is 9.19. The molecule has 1 spiro atoms. The summed E-state index contributed by atoms with van der Waals surface area (Å²) >= 11 is 0. The van der Waals surface area contributed by atoms with E-state index in [1.54, 1.807) is 30.7 Å². The van der Waals surface area contributed by atoms with Gasteiger partial charge in [-0.1, -0.05) is 6.42 Å². The number of nitrogens with one attached hydrogen (secondary N) is 1. The van der Waals surface area contributed by atoms with Gasteiger partial charge in [0, 0.05) is 30.4 Å². The van der Waals surface area contributed by atoms with Crippen LogP contribution in [0, 0.1) is 29.5 Å². The van der Waals surface area contributed by atoms with Gasteiger partial charge in [-0.05, 0) is 55.5 Å². The number of aromatic nitrogens is 3. The molecule has 1 N–H and O–H groups in total. The number of imidazole rings is 1. The highest BCUT2D eigenvalue weighted by atomic mass is 32.2. The molecule has 0 atom stereocenters. The molecule has 1 aliphatic heterocycles. The lowest BCUT2D eigenvalue weighted by Crippen LogP contribution is -2.62. The predicted molar refractivity (Wildman–Crippen MR) is 127 cm³/mol. The van der Waals surface area contributed by atoms with Gasteiger partial charge in [0.15, 0.2) is 11.6 Å². The molecule has 2 aromatic heterocycles. The molecule has 0 unspecified atom stereocenters. The van der Waals surface area contributed by atoms with Crippen LogP contribution < -0.4 is 9.46 Å². The van der Waals surface area contributed by atoms with Crippen LogP contribution in [-0.2, 0) is 10.2 Å². The van der Waals surface area contributed by atoms with Crippen molar-refractivity contribution in [2.45, 2.75) is 26.2 Å². The Labute approximate surface area is 201 Å². The maximum absolute atomic E-state index is 14.8. The van der Waals surface area contributed by atoms with Gasteiger partial charge < -0.3 is 4.74 Å². The van der Waals surface area contributed by atoms with Gasteiger partial charge in [0.1, 0.15) is 29.4 Å². The van der Waals surface area contributed by atoms with Crippen LogP contribution in [0.5, 0.6) is 11.5 Å². The Morgan fingerprint density at radius 1 is 1.20 bits per heavy atom. The summed E-state index contributed by atoms with van der Waals surface area (Å²) in [6.45, 7) is 2.82. The number of benzene rings is 2. The Morgan fingerprint density at radius 2 is 2.00 bits per heavy atom. The lowest BCUT2D eigenvalue weighted by molar-refractivity contribution is -0.00752. The molecule has 1 saturated heterocycles. The number of nitriles is 1. The monoisotopic (exact) mass is 492 g/mol. The molecule has 4 aromatic rings. The van der Waals surface area contributed by atoms with E-state index >= 15 is 0 Å². The normalized spacial score (nSPS) is 17.2. The van der Waals surface area contributed by atoms with Crippen molar-refractivity contribution in [2.24, 2.45) is 5.41 Å². The van der Waals surface area contributed by atoms with Crippen LogP contribution in [-0.4, -0.2) is 40.2 Å². The first-order valence-corrected chi connectivity index (χ1v) is 12.6. The van der Waals surface area contributed by atoms with Crippen LogP contribution in [0.25, 0.3) is 16.6 Å². The molecule has 6 rings (SSSR count). The van der Waals surface area contributed by atoms with Gasteiger partial charge in [0.05, 0.1) is 11.2 Å². The number of fused-ring (bicyclic) bond motifs is 3. The third kappa shape index (κ3) is 3.48. The fourth-order valence-corrected chi connectivity index (χ4v) is 6.29. The number of hydrogen-bond acceptors (Lipinski definition) is 6. The predicted octanol–water partition coefficient (Wildman–Crippen LogP) is 4.14. The second kappa shape index (κ2) is 7.63. The summed E-state index contributed by atoms with van der Waals surface area (Å²) < 4.78 is 51.9. The highest BCUT2D eigenvalue weighted by Crippen LogP contribution is 2.49. The minimum absolute atomic E-state index is 0.0350. The van der Waals surface area contributed by atoms with Crippen LogP contribution in [0.1, 0.15) is 30.5 Å². The van der Waals surface area contributed by atoms with Crippen molar-refractivity contribution >= 4 is 32.4 Å². The van der Waals surface area contributed by atoms with E-state index in [1.807, 2.05) is 17.4 Å². The Bertz CT molecular complexity index is 1650. The second-order valence-corrected chi connectivity index (χ2v) is 10.9. The van der Waals surface area contributed by atoms with E-state index < -0.39 is 16.0 Å². The molecule has 3 heterocycles. The van der Waals surface area contributed by atoms with Gasteiger partial charge >= 0.3 is 10.2 Å². The second-order valence-electron chi connectivity index (χ2n) is 9.26. The summed E-state index contributed by atoms with van der Waals surface area (Å²) in [5.41, 5.74) is 2.08. The van der Waals surface area contributed by atoms with E-state index in [1.165, 1.54) is 10.4 Å². The fourth-order valence-electron chi connectivity index (χ4n) is 4.82. The third-order valence-corrected chi connectivity index (χ3v) is 8.38. The van der Waals surface area contributed by atoms with Gasteiger partial charge in [-0.2, -0.15) is 18.0 Å². The van der Waals surface area contributed by atoms with E-state index in [2.05, 4.69) is 14.7 Å². The zero-order chi connectivity index (χ0) is 24.4. The molecule has 0 radical (unpaired) electrons. The van der Waals surface area contributed by atoms with Crippen LogP contribution in [0.2, 0.25) is 0 Å². The quantitative estimate of drug-likeness (QED) is 0.448. The summed E-state index contributed by atoms with van der Waals surface area (Å²) in [5.74, 6) is -0.876. The zero-order valence-electron chi connectivity index (χ0n) is 18.8. The maximum Gasteiger partial charge on any atom is 0.301 e. The highest BCUT2D eigenvalue weighted by Gasteiger charge is 2.51. The average Bonchev–Trinajstić information content (AvgIpc) is 3.15. The van der Waals surface area contributed by atoms with Crippen molar-refractivity contribution in [3.05, 3.63) is 59.9 Å². The van der Waals surface area contributed by atoms with Gasteiger partial charge in [-0.15, -0.1) is 0 Å². The lowest BCUT2D eigenvalue weighted by atomic mass is 9.65. The summed E-state index contributed by atoms with van der Waals surface area (Å²) in [6.07, 6.45) is 6.58. The largest absolute Gasteiger partial charge is 0.453 e. The number of rotatable bonds is 5. The van der Waals surface area contributed by atoms with E-state index in [0.717, 1.165) is 31.0 Å². The summed E-state index contributed by atoms with van der Waals surface area (Å²) in [7, 11) is -3.87. The molecule has 0 amide bonds. The number of aryl methyl sites for hydroxylation is 1. The molecule has 2 aromatic carbocycles. The number of ether oxygens (including phenoxy) is 1. The van der Waals surface area contributed by atoms with Crippen molar-refractivity contribution in [1.29, 1.82) is 5.26 Å². The van der Waals surface area contributed by atoms with Crippen molar-refractivity contribution in [3.8, 4) is 17.6 Å². The van der Waals surface area contributed by atoms with Crippen molar-refractivity contribution < 1.29 is 17.5 Å². The molecule has 2 aliphatic rings. The van der Waals surface area contributed by atoms with Crippen LogP contribution in [0.3, 0.4) is 0 Å². The van der Waals surface area contributed by atoms with Gasteiger partial charge in [-0.25, -0.2) is 14.4 Å². The Morgan fingerprint density at radius 3 is 2.71 bits per heavy atom. The fraction of sp³-hybridized carbons (Fsp3) is 0.292. The molecule has 11 heteroatoms. The molecule has 1 aliphatic carbocycles. The van der Waals surface area contributed by atoms with Crippen LogP contribution in [0.4, 0.5) is 10.1 Å². The van der Waals surface area contributed by atoms with Gasteiger partial charge in [-0.3, -0.25) is 9.12 Å². The molecular formula is C24H21FN6O3S. The van der Waals surface area contributed by atoms with Crippen molar-refractivity contribution in [3.63, 3.8) is 0 Å². The van der Waals surface area contributed by atoms with Crippen LogP contribution >= 0.6 is 0 Å². The van der Waals surface area contributed by atoms with Crippen LogP contribution in [0.15, 0.2) is 42.9 Å². The zero-order valence-corrected chi connectivity index (χ0v) is 19.6. The topological polar surface area (TPSA) is 113 Å². The Hall–Kier alpha value is -3.75. The Kier molecular flexibility index (Phi) is 4.74. The standard InChI is InChI=1S/C24H21FN6O3S/c1-15-11-27-23-17-9-16(3-5-20(17)28-14-31(15)23)34-22-18(10-26)21(6-4-19(22)25)29-35(32,33)30-12-24(13-30)7-2-8-24/h3-6,9,11,14,29H,2,7-8,12-13H2,1H3. The first kappa shape index (κ1) is 21.8. The van der Waals surface area contributed by atoms with Gasteiger partial charge in [0.2, 0.25) is 0 Å². The molecule has 35 heavy (non-hydrogen) atoms. The summed E-state index contributed by atoms with van der Waals surface area (Å²) in [4.78, 5) is 8.82. The smallest absolute Gasteiger partial charge is 0.301 e. The molecule has 2 fully saturated rings. The Balaban J connectivity index is 1.33. The first-order chi connectivity index (χ1) is 16.8. The van der Waals surface area contributed by atoms with Gasteiger partial charge in [0.25, 0.3) is 0 Å². The number of hydrogen-bond donors (Lipinski definition) is 1. The number of halogens is 1. The minimum atomic E-state index is -3.87. The molecule has 178 valence electrons. The van der Waals surface area contributed by atoms with E-state index in [4.69, 9.17) is 4.74 Å². The first-order valence-electron chi connectivity index (χ1n) is 11.2.